The molecule has 2 heterocycles. The van der Waals surface area contributed by atoms with Crippen LogP contribution in [0.5, 0.6) is 5.75 Å². The van der Waals surface area contributed by atoms with Crippen LogP contribution in [0.3, 0.4) is 0 Å². The maximum absolute atomic E-state index is 11.6. The number of hydrogen-bond donors (Lipinski definition) is 2. The Bertz CT molecular complexity index is 919. The van der Waals surface area contributed by atoms with Gasteiger partial charge in [0.25, 0.3) is 5.69 Å². The molecule has 0 aliphatic carbocycles. The summed E-state index contributed by atoms with van der Waals surface area (Å²) in [5.74, 6) is -0.963. The number of anilines is 3. The number of aromatic nitrogens is 2. The Morgan fingerprint density at radius 1 is 1.43 bits per heavy atom. The van der Waals surface area contributed by atoms with E-state index in [4.69, 9.17) is 26.2 Å². The van der Waals surface area contributed by atoms with Gasteiger partial charge in [-0.15, -0.1) is 0 Å². The van der Waals surface area contributed by atoms with Crippen LogP contribution in [0.15, 0.2) is 18.3 Å². The van der Waals surface area contributed by atoms with Crippen LogP contribution in [0.2, 0.25) is 5.15 Å². The van der Waals surface area contributed by atoms with E-state index in [9.17, 15) is 14.9 Å². The number of hydrogen-bond acceptors (Lipinski definition) is 9. The summed E-state index contributed by atoms with van der Waals surface area (Å²) in [5.41, 5.74) is 0.271. The topological polar surface area (TPSA) is 140 Å². The molecule has 2 aromatic rings. The Morgan fingerprint density at radius 3 is 2.71 bits per heavy atom. The van der Waals surface area contributed by atoms with Gasteiger partial charge in [0.2, 0.25) is 5.95 Å². The maximum Gasteiger partial charge on any atom is 0.340 e. The highest BCUT2D eigenvalue weighted by molar-refractivity contribution is 6.32. The van der Waals surface area contributed by atoms with E-state index >= 15 is 0 Å². The molecule has 1 saturated heterocycles. The number of nitro groups is 1. The van der Waals surface area contributed by atoms with Gasteiger partial charge in [-0.3, -0.25) is 10.1 Å². The molecule has 28 heavy (non-hydrogen) atoms. The van der Waals surface area contributed by atoms with Gasteiger partial charge >= 0.3 is 5.97 Å². The first-order chi connectivity index (χ1) is 13.4. The monoisotopic (exact) mass is 409 g/mol. The number of ether oxygens (including phenoxy) is 2. The standard InChI is InChI=1S/C16H16ClN5O6/c1-27-13-7-11(21-2-4-28-5-3-21)12(22(25)26)6-10(13)19-16-18-8-9(15(23)24)14(17)20-16/h6-8H,2-5H2,1H3,(H,23,24)(H,18,19,20). The fraction of sp³-hybridized carbons (Fsp3) is 0.312. The fourth-order valence-electron chi connectivity index (χ4n) is 2.71. The molecule has 1 aromatic heterocycles. The Labute approximate surface area is 164 Å². The van der Waals surface area contributed by atoms with Crippen molar-refractivity contribution in [3.05, 3.63) is 39.2 Å². The Morgan fingerprint density at radius 2 is 2.14 bits per heavy atom. The number of halogens is 1. The minimum absolute atomic E-state index is 0.0262. The fourth-order valence-corrected chi connectivity index (χ4v) is 2.92. The summed E-state index contributed by atoms with van der Waals surface area (Å²) in [6, 6.07) is 2.87. The van der Waals surface area contributed by atoms with Crippen molar-refractivity contribution >= 4 is 40.6 Å². The molecule has 1 aliphatic heterocycles. The summed E-state index contributed by atoms with van der Waals surface area (Å²) in [6.45, 7) is 1.99. The molecule has 1 fully saturated rings. The smallest absolute Gasteiger partial charge is 0.340 e. The number of nitrogens with one attached hydrogen (secondary N) is 1. The number of benzene rings is 1. The van der Waals surface area contributed by atoms with Gasteiger partial charge in [0.05, 0.1) is 30.9 Å². The number of methoxy groups -OCH3 is 1. The maximum atomic E-state index is 11.6. The van der Waals surface area contributed by atoms with Crippen molar-refractivity contribution < 1.29 is 24.3 Å². The first-order valence-electron chi connectivity index (χ1n) is 8.12. The van der Waals surface area contributed by atoms with E-state index in [2.05, 4.69) is 15.3 Å². The minimum Gasteiger partial charge on any atom is -0.494 e. The van der Waals surface area contributed by atoms with E-state index in [1.807, 2.05) is 4.90 Å². The van der Waals surface area contributed by atoms with E-state index in [-0.39, 0.29) is 28.0 Å². The van der Waals surface area contributed by atoms with Crippen molar-refractivity contribution in [1.82, 2.24) is 9.97 Å². The SMILES string of the molecule is COc1cc(N2CCOCC2)c([N+](=O)[O-])cc1Nc1ncc(C(=O)O)c(Cl)n1. The normalized spacial score (nSPS) is 13.9. The number of rotatable bonds is 6. The van der Waals surface area contributed by atoms with Crippen molar-refractivity contribution in [2.45, 2.75) is 0 Å². The summed E-state index contributed by atoms with van der Waals surface area (Å²) < 4.78 is 10.6. The zero-order valence-electron chi connectivity index (χ0n) is 14.7. The van der Waals surface area contributed by atoms with Gasteiger partial charge in [-0.1, -0.05) is 11.6 Å². The average Bonchev–Trinajstić information content (AvgIpc) is 2.68. The molecule has 1 aliphatic rings. The van der Waals surface area contributed by atoms with Crippen molar-refractivity contribution in [1.29, 1.82) is 0 Å². The van der Waals surface area contributed by atoms with Crippen LogP contribution in [-0.2, 0) is 4.74 Å². The van der Waals surface area contributed by atoms with E-state index in [0.29, 0.717) is 37.7 Å². The predicted molar refractivity (Wildman–Crippen MR) is 100.0 cm³/mol. The molecule has 11 nitrogen and oxygen atoms in total. The van der Waals surface area contributed by atoms with Crippen molar-refractivity contribution in [3.63, 3.8) is 0 Å². The van der Waals surface area contributed by atoms with E-state index in [1.165, 1.54) is 13.2 Å². The lowest BCUT2D eigenvalue weighted by atomic mass is 10.2. The first kappa shape index (κ1) is 19.6. The number of aromatic carboxylic acids is 1. The van der Waals surface area contributed by atoms with Gasteiger partial charge in [0, 0.05) is 31.4 Å². The van der Waals surface area contributed by atoms with Crippen LogP contribution in [0.1, 0.15) is 10.4 Å². The molecule has 3 rings (SSSR count). The second-order valence-electron chi connectivity index (χ2n) is 5.73. The van der Waals surface area contributed by atoms with Crippen LogP contribution in [0.25, 0.3) is 0 Å². The zero-order valence-corrected chi connectivity index (χ0v) is 15.5. The molecule has 2 N–H and O–H groups in total. The minimum atomic E-state index is -1.26. The van der Waals surface area contributed by atoms with Crippen LogP contribution in [0, 0.1) is 10.1 Å². The molecule has 0 saturated carbocycles. The van der Waals surface area contributed by atoms with Gasteiger partial charge < -0.3 is 24.8 Å². The zero-order chi connectivity index (χ0) is 20.3. The molecule has 0 amide bonds. The molecule has 0 spiro atoms. The Balaban J connectivity index is 1.98. The van der Waals surface area contributed by atoms with Gasteiger partial charge in [-0.05, 0) is 0 Å². The van der Waals surface area contributed by atoms with Crippen LogP contribution < -0.4 is 15.0 Å². The highest BCUT2D eigenvalue weighted by Gasteiger charge is 2.25. The third kappa shape index (κ3) is 4.05. The van der Waals surface area contributed by atoms with Gasteiger partial charge in [-0.25, -0.2) is 9.78 Å². The molecule has 0 bridgehead atoms. The lowest BCUT2D eigenvalue weighted by molar-refractivity contribution is -0.384. The predicted octanol–water partition coefficient (Wildman–Crippen LogP) is 2.33. The van der Waals surface area contributed by atoms with Crippen molar-refractivity contribution in [2.24, 2.45) is 0 Å². The number of carboxylic acids is 1. The Kier molecular flexibility index (Phi) is 5.76. The summed E-state index contributed by atoms with van der Waals surface area (Å²) >= 11 is 5.84. The molecule has 1 aromatic carbocycles. The van der Waals surface area contributed by atoms with E-state index < -0.39 is 10.9 Å². The lowest BCUT2D eigenvalue weighted by Crippen LogP contribution is -2.36. The van der Waals surface area contributed by atoms with E-state index in [1.54, 1.807) is 6.07 Å². The molecule has 12 heteroatoms. The second kappa shape index (κ2) is 8.23. The highest BCUT2D eigenvalue weighted by Crippen LogP contribution is 2.39. The van der Waals surface area contributed by atoms with Gasteiger partial charge in [-0.2, -0.15) is 4.98 Å². The largest absolute Gasteiger partial charge is 0.494 e. The van der Waals surface area contributed by atoms with Gasteiger partial charge in [0.1, 0.15) is 22.2 Å². The van der Waals surface area contributed by atoms with Crippen LogP contribution >= 0.6 is 11.6 Å². The summed E-state index contributed by atoms with van der Waals surface area (Å²) in [6.07, 6.45) is 1.04. The molecule has 0 unspecified atom stereocenters. The van der Waals surface area contributed by atoms with Gasteiger partial charge in [0.15, 0.2) is 0 Å². The van der Waals surface area contributed by atoms with Crippen LogP contribution in [-0.4, -0.2) is 59.4 Å². The molecular formula is C16H16ClN5O6. The third-order valence-corrected chi connectivity index (χ3v) is 4.35. The third-order valence-electron chi connectivity index (χ3n) is 4.06. The average molecular weight is 410 g/mol. The first-order valence-corrected chi connectivity index (χ1v) is 8.50. The molecule has 148 valence electrons. The molecular weight excluding hydrogens is 394 g/mol. The summed E-state index contributed by atoms with van der Waals surface area (Å²) in [5, 5.41) is 23.1. The number of carboxylic acid groups (broad SMARTS) is 1. The quantitative estimate of drug-likeness (QED) is 0.414. The van der Waals surface area contributed by atoms with Crippen molar-refractivity contribution in [3.8, 4) is 5.75 Å². The number of morpholine rings is 1. The molecule has 0 atom stereocenters. The highest BCUT2D eigenvalue weighted by atomic mass is 35.5. The Hall–Kier alpha value is -3.18. The number of nitro benzene ring substituents is 1. The lowest BCUT2D eigenvalue weighted by Gasteiger charge is -2.29. The second-order valence-corrected chi connectivity index (χ2v) is 6.08. The van der Waals surface area contributed by atoms with E-state index in [0.717, 1.165) is 6.20 Å². The van der Waals surface area contributed by atoms with Crippen LogP contribution in [0.4, 0.5) is 23.0 Å². The number of carbonyl (C=O) groups is 1. The summed E-state index contributed by atoms with van der Waals surface area (Å²) in [7, 11) is 1.43. The number of nitrogens with zero attached hydrogens (tertiary/aromatic N) is 4. The van der Waals surface area contributed by atoms with Crippen molar-refractivity contribution in [2.75, 3.05) is 43.6 Å². The summed E-state index contributed by atoms with van der Waals surface area (Å²) in [4.78, 5) is 31.7. The molecule has 0 radical (unpaired) electrons.